The summed E-state index contributed by atoms with van der Waals surface area (Å²) in [6.07, 6.45) is 1.27. The van der Waals surface area contributed by atoms with Gasteiger partial charge >= 0.3 is 0 Å². The molecular formula is C26H21ClF2N6O4S. The average molecular weight is 587 g/mol. The van der Waals surface area contributed by atoms with Crippen LogP contribution in [0.5, 0.6) is 11.5 Å². The molecule has 0 atom stereocenters. The third-order valence-corrected chi connectivity index (χ3v) is 7.37. The number of fused-ring (bicyclic) bond motifs is 1. The van der Waals surface area contributed by atoms with Gasteiger partial charge in [-0.1, -0.05) is 22.9 Å². The minimum Gasteiger partial charge on any atom is -0.494 e. The van der Waals surface area contributed by atoms with Crippen molar-refractivity contribution >= 4 is 39.9 Å². The van der Waals surface area contributed by atoms with E-state index in [0.29, 0.717) is 33.4 Å². The van der Waals surface area contributed by atoms with E-state index < -0.39 is 23.8 Å². The fourth-order valence-corrected chi connectivity index (χ4v) is 5.45. The number of aromatic nitrogens is 4. The van der Waals surface area contributed by atoms with Crippen molar-refractivity contribution in [3.63, 3.8) is 0 Å². The lowest BCUT2D eigenvalue weighted by atomic mass is 10.0. The SMILES string of the molecule is COc1cnc(Cl)cc1-c1cc(C)ncc1C(=O)Nc1nc2c(s1)CN(C(=O)c1nccc(C(F)F)c1OC)C2. The summed E-state index contributed by atoms with van der Waals surface area (Å²) in [5, 5.41) is 3.38. The van der Waals surface area contributed by atoms with E-state index in [9.17, 15) is 18.4 Å². The average Bonchev–Trinajstić information content (AvgIpc) is 3.50. The van der Waals surface area contributed by atoms with E-state index in [4.69, 9.17) is 21.1 Å². The van der Waals surface area contributed by atoms with Crippen LogP contribution >= 0.6 is 22.9 Å². The molecule has 0 spiro atoms. The number of aryl methyl sites for hydroxylation is 1. The molecule has 40 heavy (non-hydrogen) atoms. The van der Waals surface area contributed by atoms with Gasteiger partial charge in [-0.2, -0.15) is 0 Å². The summed E-state index contributed by atoms with van der Waals surface area (Å²) in [4.78, 5) is 45.4. The van der Waals surface area contributed by atoms with Gasteiger partial charge in [-0.05, 0) is 25.1 Å². The fourth-order valence-electron chi connectivity index (χ4n) is 4.31. The van der Waals surface area contributed by atoms with Gasteiger partial charge in [0.2, 0.25) is 0 Å². The molecule has 0 saturated carbocycles. The van der Waals surface area contributed by atoms with Crippen LogP contribution in [-0.2, 0) is 13.1 Å². The summed E-state index contributed by atoms with van der Waals surface area (Å²) in [6, 6.07) is 4.47. The Kier molecular flexibility index (Phi) is 7.59. The van der Waals surface area contributed by atoms with E-state index in [1.54, 1.807) is 19.1 Å². The van der Waals surface area contributed by atoms with Crippen molar-refractivity contribution in [1.29, 1.82) is 0 Å². The monoisotopic (exact) mass is 586 g/mol. The van der Waals surface area contributed by atoms with Gasteiger partial charge in [-0.15, -0.1) is 0 Å². The molecule has 5 heterocycles. The van der Waals surface area contributed by atoms with Gasteiger partial charge in [-0.25, -0.2) is 23.7 Å². The predicted molar refractivity (Wildman–Crippen MR) is 143 cm³/mol. The summed E-state index contributed by atoms with van der Waals surface area (Å²) in [7, 11) is 2.71. The number of pyridine rings is 3. The predicted octanol–water partition coefficient (Wildman–Crippen LogP) is 5.32. The van der Waals surface area contributed by atoms with Crippen LogP contribution in [0.1, 0.15) is 49.1 Å². The number of carbonyl (C=O) groups excluding carboxylic acids is 2. The van der Waals surface area contributed by atoms with Crippen LogP contribution in [0.2, 0.25) is 5.15 Å². The largest absolute Gasteiger partial charge is 0.494 e. The maximum atomic E-state index is 13.4. The number of ether oxygens (including phenoxy) is 2. The second kappa shape index (κ2) is 11.1. The smallest absolute Gasteiger partial charge is 0.277 e. The number of anilines is 1. The summed E-state index contributed by atoms with van der Waals surface area (Å²) < 4.78 is 37.2. The molecule has 4 aromatic rings. The number of thiazole rings is 1. The van der Waals surface area contributed by atoms with Gasteiger partial charge in [0.05, 0.1) is 55.2 Å². The van der Waals surface area contributed by atoms with E-state index >= 15 is 0 Å². The molecule has 0 fully saturated rings. The van der Waals surface area contributed by atoms with Crippen molar-refractivity contribution in [3.05, 3.63) is 75.0 Å². The number of carbonyl (C=O) groups is 2. The van der Waals surface area contributed by atoms with Crippen molar-refractivity contribution in [3.8, 4) is 22.6 Å². The third kappa shape index (κ3) is 5.17. The molecule has 1 aliphatic rings. The Labute approximate surface area is 236 Å². The molecule has 0 radical (unpaired) electrons. The number of alkyl halides is 2. The van der Waals surface area contributed by atoms with E-state index in [1.807, 2.05) is 0 Å². The highest BCUT2D eigenvalue weighted by atomic mass is 35.5. The molecule has 0 saturated heterocycles. The molecule has 206 valence electrons. The second-order valence-corrected chi connectivity index (χ2v) is 10.1. The van der Waals surface area contributed by atoms with Crippen LogP contribution in [0.4, 0.5) is 13.9 Å². The van der Waals surface area contributed by atoms with E-state index in [-0.39, 0.29) is 35.2 Å². The molecule has 0 bridgehead atoms. The van der Waals surface area contributed by atoms with Crippen molar-refractivity contribution in [1.82, 2.24) is 24.8 Å². The number of methoxy groups -OCH3 is 2. The number of rotatable bonds is 7. The number of hydrogen-bond acceptors (Lipinski definition) is 9. The molecule has 0 unspecified atom stereocenters. The Morgan fingerprint density at radius 2 is 1.90 bits per heavy atom. The lowest BCUT2D eigenvalue weighted by Crippen LogP contribution is -2.27. The normalized spacial score (nSPS) is 12.4. The Bertz CT molecular complexity index is 1610. The molecule has 4 aromatic heterocycles. The Hall–Kier alpha value is -4.23. The highest BCUT2D eigenvalue weighted by Crippen LogP contribution is 2.37. The van der Waals surface area contributed by atoms with Crippen LogP contribution < -0.4 is 14.8 Å². The summed E-state index contributed by atoms with van der Waals surface area (Å²) >= 11 is 7.33. The van der Waals surface area contributed by atoms with Gasteiger partial charge in [-0.3, -0.25) is 19.9 Å². The lowest BCUT2D eigenvalue weighted by Gasteiger charge is -2.18. The molecule has 14 heteroatoms. The summed E-state index contributed by atoms with van der Waals surface area (Å²) in [6.45, 7) is 2.09. The Balaban J connectivity index is 1.36. The number of hydrogen-bond donors (Lipinski definition) is 1. The van der Waals surface area contributed by atoms with Crippen molar-refractivity contribution in [2.75, 3.05) is 19.5 Å². The zero-order valence-corrected chi connectivity index (χ0v) is 22.9. The fraction of sp³-hybridized carbons (Fsp3) is 0.231. The maximum Gasteiger partial charge on any atom is 0.277 e. The van der Waals surface area contributed by atoms with E-state index in [0.717, 1.165) is 17.1 Å². The molecule has 0 aromatic carbocycles. The topological polar surface area (TPSA) is 119 Å². The third-order valence-electron chi connectivity index (χ3n) is 6.17. The van der Waals surface area contributed by atoms with E-state index in [1.165, 1.54) is 42.8 Å². The van der Waals surface area contributed by atoms with Crippen LogP contribution in [0.3, 0.4) is 0 Å². The van der Waals surface area contributed by atoms with Crippen molar-refractivity contribution in [2.24, 2.45) is 0 Å². The second-order valence-electron chi connectivity index (χ2n) is 8.67. The molecule has 1 N–H and O–H groups in total. The van der Waals surface area contributed by atoms with Gasteiger partial charge < -0.3 is 14.4 Å². The summed E-state index contributed by atoms with van der Waals surface area (Å²) in [5.74, 6) is -0.827. The van der Waals surface area contributed by atoms with Gasteiger partial charge in [0.25, 0.3) is 18.2 Å². The first kappa shape index (κ1) is 27.3. The summed E-state index contributed by atoms with van der Waals surface area (Å²) in [5.41, 5.74) is 2.07. The minimum atomic E-state index is -2.82. The first-order valence-electron chi connectivity index (χ1n) is 11.8. The van der Waals surface area contributed by atoms with Crippen LogP contribution in [0.15, 0.2) is 36.8 Å². The van der Waals surface area contributed by atoms with Gasteiger partial charge in [0, 0.05) is 29.2 Å². The standard InChI is InChI=1S/C26H21ClF2N6O4S/c1-12-6-14(15-7-20(27)32-9-18(15)38-2)16(8-31-12)24(36)34-26-33-17-10-35(11-19(17)40-26)25(37)21-22(39-3)13(23(28)29)4-5-30-21/h4-9,23H,10-11H2,1-3H3,(H,33,34,36). The first-order valence-corrected chi connectivity index (χ1v) is 13.0. The van der Waals surface area contributed by atoms with Gasteiger partial charge in [0.1, 0.15) is 10.9 Å². The highest BCUT2D eigenvalue weighted by Gasteiger charge is 2.32. The zero-order valence-electron chi connectivity index (χ0n) is 21.4. The number of amides is 2. The van der Waals surface area contributed by atoms with Crippen LogP contribution in [0, 0.1) is 6.92 Å². The first-order chi connectivity index (χ1) is 19.2. The number of nitrogens with one attached hydrogen (secondary N) is 1. The highest BCUT2D eigenvalue weighted by molar-refractivity contribution is 7.16. The molecule has 0 aliphatic carbocycles. The van der Waals surface area contributed by atoms with Crippen LogP contribution in [-0.4, -0.2) is 50.9 Å². The minimum absolute atomic E-state index is 0.119. The van der Waals surface area contributed by atoms with E-state index in [2.05, 4.69) is 25.3 Å². The lowest BCUT2D eigenvalue weighted by molar-refractivity contribution is 0.0739. The molecule has 1 aliphatic heterocycles. The molecular weight excluding hydrogens is 566 g/mol. The van der Waals surface area contributed by atoms with Crippen molar-refractivity contribution < 1.29 is 27.8 Å². The number of halogens is 3. The van der Waals surface area contributed by atoms with Crippen LogP contribution in [0.25, 0.3) is 11.1 Å². The Morgan fingerprint density at radius 3 is 2.60 bits per heavy atom. The molecule has 10 nitrogen and oxygen atoms in total. The van der Waals surface area contributed by atoms with Crippen molar-refractivity contribution in [2.45, 2.75) is 26.4 Å². The molecule has 5 rings (SSSR count). The molecule has 2 amide bonds. The number of nitrogens with zero attached hydrogens (tertiary/aromatic N) is 5. The van der Waals surface area contributed by atoms with Gasteiger partial charge in [0.15, 0.2) is 16.6 Å². The zero-order chi connectivity index (χ0) is 28.6. The Morgan fingerprint density at radius 1 is 1.10 bits per heavy atom. The maximum absolute atomic E-state index is 13.4. The quantitative estimate of drug-likeness (QED) is 0.289.